The van der Waals surface area contributed by atoms with Crippen LogP contribution in [0.2, 0.25) is 0 Å². The zero-order chi connectivity index (χ0) is 32.6. The third-order valence-electron chi connectivity index (χ3n) is 9.04. The molecule has 0 radical (unpaired) electrons. The van der Waals surface area contributed by atoms with E-state index in [9.17, 15) is 0 Å². The van der Waals surface area contributed by atoms with E-state index < -0.39 is 0 Å². The summed E-state index contributed by atoms with van der Waals surface area (Å²) < 4.78 is 0. The maximum Gasteiger partial charge on any atom is -0.0146 e. The summed E-state index contributed by atoms with van der Waals surface area (Å²) in [4.78, 5) is 0. The fourth-order valence-electron chi connectivity index (χ4n) is 6.88. The Hall–Kier alpha value is -3.12. The van der Waals surface area contributed by atoms with E-state index in [0.717, 1.165) is 0 Å². The number of hydrogen-bond acceptors (Lipinski definition) is 0. The zero-order valence-corrected chi connectivity index (χ0v) is 30.0. The molecular weight excluding hydrogens is 528 g/mol. The summed E-state index contributed by atoms with van der Waals surface area (Å²) in [5, 5.41) is 2.78. The topological polar surface area (TPSA) is 0 Å². The summed E-state index contributed by atoms with van der Waals surface area (Å²) in [6, 6.07) is 30.9. The molecule has 0 saturated carbocycles. The smallest absolute Gasteiger partial charge is 0.0146 e. The van der Waals surface area contributed by atoms with Crippen LogP contribution in [0.15, 0.2) is 90.5 Å². The van der Waals surface area contributed by atoms with E-state index in [1.54, 1.807) is 11.1 Å². The molecule has 4 aromatic carbocycles. The molecule has 4 aromatic rings. The van der Waals surface area contributed by atoms with Gasteiger partial charge in [-0.2, -0.15) is 0 Å². The average Bonchev–Trinajstić information content (AvgIpc) is 3.00. The van der Waals surface area contributed by atoms with Gasteiger partial charge in [-0.05, 0) is 98.1 Å². The molecule has 236 valence electrons. The van der Waals surface area contributed by atoms with Gasteiger partial charge < -0.3 is 0 Å². The van der Waals surface area contributed by atoms with Crippen molar-refractivity contribution in [2.75, 3.05) is 0 Å². The average molecular weight is 589 g/mol. The Kier molecular flexibility index (Phi) is 13.1. The van der Waals surface area contributed by atoms with Crippen LogP contribution in [0.1, 0.15) is 147 Å². The molecule has 0 saturated heterocycles. The predicted octanol–water partition coefficient (Wildman–Crippen LogP) is 13.7. The standard InChI is InChI=1S/C16H22.C16H20.C12H18/c2*1-11(2)14-10-9-13-7-5-6-8-15(13)16(14)12(3)4;1-9(2)11-7-5-6-8-12(11)10(3)4/h5-8,11-12H,9-10H2,1-4H3;5-12H,1-4H3;5-10H,1-4H3. The SMILES string of the molecule is CC(C)C1=C(C(C)C)c2ccccc2CC1.CC(C)c1ccc2ccccc2c1C(C)C.CC(C)c1ccccc1C(C)C. The minimum atomic E-state index is 0.587. The van der Waals surface area contributed by atoms with Gasteiger partial charge in [-0.15, -0.1) is 0 Å². The van der Waals surface area contributed by atoms with Crippen LogP contribution in [-0.2, 0) is 6.42 Å². The second-order valence-corrected chi connectivity index (χ2v) is 14.4. The van der Waals surface area contributed by atoms with Crippen LogP contribution >= 0.6 is 0 Å². The molecule has 0 fully saturated rings. The Morgan fingerprint density at radius 1 is 0.409 bits per heavy atom. The number of benzene rings is 4. The highest BCUT2D eigenvalue weighted by Crippen LogP contribution is 2.39. The highest BCUT2D eigenvalue weighted by Gasteiger charge is 2.22. The molecule has 0 heterocycles. The van der Waals surface area contributed by atoms with E-state index in [4.69, 9.17) is 0 Å². The summed E-state index contributed by atoms with van der Waals surface area (Å²) in [7, 11) is 0. The van der Waals surface area contributed by atoms with Crippen molar-refractivity contribution in [2.45, 2.75) is 120 Å². The Bertz CT molecular complexity index is 1480. The van der Waals surface area contributed by atoms with Gasteiger partial charge in [0, 0.05) is 0 Å². The van der Waals surface area contributed by atoms with Gasteiger partial charge in [0.1, 0.15) is 0 Å². The van der Waals surface area contributed by atoms with Gasteiger partial charge in [0.25, 0.3) is 0 Å². The van der Waals surface area contributed by atoms with Gasteiger partial charge in [-0.3, -0.25) is 0 Å². The maximum absolute atomic E-state index is 2.33. The molecule has 0 nitrogen and oxygen atoms in total. The fraction of sp³-hybridized carbons (Fsp3) is 0.455. The lowest BCUT2D eigenvalue weighted by molar-refractivity contribution is 0.681. The van der Waals surface area contributed by atoms with E-state index in [0.29, 0.717) is 35.5 Å². The molecule has 0 amide bonds. The summed E-state index contributed by atoms with van der Waals surface area (Å²) in [6.07, 6.45) is 2.47. The highest BCUT2D eigenvalue weighted by molar-refractivity contribution is 5.87. The van der Waals surface area contributed by atoms with Gasteiger partial charge in [-0.1, -0.05) is 174 Å². The highest BCUT2D eigenvalue weighted by atomic mass is 14.3. The number of rotatable bonds is 6. The number of allylic oxidation sites excluding steroid dienone is 2. The Balaban J connectivity index is 0.000000183. The van der Waals surface area contributed by atoms with Crippen molar-refractivity contribution in [3.63, 3.8) is 0 Å². The third-order valence-corrected chi connectivity index (χ3v) is 9.04. The van der Waals surface area contributed by atoms with Crippen LogP contribution in [0.3, 0.4) is 0 Å². The largest absolute Gasteiger partial charge is 0.0633 e. The molecule has 1 aliphatic rings. The first-order chi connectivity index (χ1) is 20.8. The van der Waals surface area contributed by atoms with Crippen molar-refractivity contribution in [3.8, 4) is 0 Å². The lowest BCUT2D eigenvalue weighted by atomic mass is 9.77. The lowest BCUT2D eigenvalue weighted by Crippen LogP contribution is -2.12. The van der Waals surface area contributed by atoms with Crippen molar-refractivity contribution in [2.24, 2.45) is 11.8 Å². The maximum atomic E-state index is 2.33. The lowest BCUT2D eigenvalue weighted by Gasteiger charge is -2.28. The molecular formula is C44H60. The predicted molar refractivity (Wildman–Crippen MR) is 198 cm³/mol. The van der Waals surface area contributed by atoms with E-state index in [-0.39, 0.29) is 0 Å². The molecule has 1 aliphatic carbocycles. The van der Waals surface area contributed by atoms with Gasteiger partial charge in [0.2, 0.25) is 0 Å². The molecule has 44 heavy (non-hydrogen) atoms. The Morgan fingerprint density at radius 3 is 1.45 bits per heavy atom. The normalized spacial score (nSPS) is 13.0. The molecule has 0 aromatic heterocycles. The van der Waals surface area contributed by atoms with Crippen LogP contribution in [0.5, 0.6) is 0 Å². The van der Waals surface area contributed by atoms with E-state index in [1.165, 1.54) is 57.0 Å². The molecule has 5 rings (SSSR count). The van der Waals surface area contributed by atoms with Crippen molar-refractivity contribution in [1.29, 1.82) is 0 Å². The minimum absolute atomic E-state index is 0.587. The summed E-state index contributed by atoms with van der Waals surface area (Å²) in [5.41, 5.74) is 12.3. The van der Waals surface area contributed by atoms with Crippen LogP contribution in [-0.4, -0.2) is 0 Å². The second-order valence-electron chi connectivity index (χ2n) is 14.4. The van der Waals surface area contributed by atoms with Crippen molar-refractivity contribution < 1.29 is 0 Å². The van der Waals surface area contributed by atoms with E-state index >= 15 is 0 Å². The first kappa shape index (κ1) is 35.4. The number of aryl methyl sites for hydroxylation is 1. The number of fused-ring (bicyclic) bond motifs is 2. The molecule has 0 heteroatoms. The Labute approximate surface area is 271 Å². The monoisotopic (exact) mass is 588 g/mol. The van der Waals surface area contributed by atoms with E-state index in [2.05, 4.69) is 168 Å². The van der Waals surface area contributed by atoms with Gasteiger partial charge in [0.05, 0.1) is 0 Å². The second kappa shape index (κ2) is 16.3. The fourth-order valence-corrected chi connectivity index (χ4v) is 6.88. The Morgan fingerprint density at radius 2 is 0.932 bits per heavy atom. The molecule has 0 spiro atoms. The van der Waals surface area contributed by atoms with Gasteiger partial charge in [-0.25, -0.2) is 0 Å². The van der Waals surface area contributed by atoms with Gasteiger partial charge >= 0.3 is 0 Å². The van der Waals surface area contributed by atoms with Crippen LogP contribution < -0.4 is 0 Å². The van der Waals surface area contributed by atoms with Crippen molar-refractivity contribution in [1.82, 2.24) is 0 Å². The third kappa shape index (κ3) is 8.74. The van der Waals surface area contributed by atoms with E-state index in [1.807, 2.05) is 0 Å². The molecule has 0 atom stereocenters. The first-order valence-electron chi connectivity index (χ1n) is 17.3. The summed E-state index contributed by atoms with van der Waals surface area (Å²) >= 11 is 0. The van der Waals surface area contributed by atoms with Gasteiger partial charge in [0.15, 0.2) is 0 Å². The van der Waals surface area contributed by atoms with Crippen molar-refractivity contribution >= 4 is 16.3 Å². The quantitative estimate of drug-likeness (QED) is 0.210. The minimum Gasteiger partial charge on any atom is -0.0633 e. The summed E-state index contributed by atoms with van der Waals surface area (Å²) in [6.45, 7) is 27.4. The molecule has 0 unspecified atom stereocenters. The van der Waals surface area contributed by atoms with Crippen LogP contribution in [0, 0.1) is 11.8 Å². The zero-order valence-electron chi connectivity index (χ0n) is 30.0. The van der Waals surface area contributed by atoms with Crippen LogP contribution in [0.25, 0.3) is 16.3 Å². The number of hydrogen-bond donors (Lipinski definition) is 0. The first-order valence-corrected chi connectivity index (χ1v) is 17.3. The molecule has 0 aliphatic heterocycles. The molecule has 0 bridgehead atoms. The summed E-state index contributed by atoms with van der Waals surface area (Å²) in [5.74, 6) is 3.79. The van der Waals surface area contributed by atoms with Crippen LogP contribution in [0.4, 0.5) is 0 Å². The molecule has 0 N–H and O–H groups in total. The van der Waals surface area contributed by atoms with Crippen molar-refractivity contribution in [3.05, 3.63) is 124 Å².